The first-order valence-corrected chi connectivity index (χ1v) is 7.19. The molecule has 2 aliphatic rings. The number of halogens is 2. The van der Waals surface area contributed by atoms with E-state index in [9.17, 15) is 8.78 Å². The second-order valence-corrected chi connectivity index (χ2v) is 5.44. The Bertz CT molecular complexity index is 498. The van der Waals surface area contributed by atoms with Crippen LogP contribution < -0.4 is 10.6 Å². The third kappa shape index (κ3) is 2.57. The Hall–Kier alpha value is -1.43. The number of pyridine rings is 1. The zero-order valence-corrected chi connectivity index (χ0v) is 11.5. The van der Waals surface area contributed by atoms with Crippen LogP contribution in [0.25, 0.3) is 0 Å². The summed E-state index contributed by atoms with van der Waals surface area (Å²) in [5, 5.41) is 5.93. The third-order valence-corrected chi connectivity index (χ3v) is 3.90. The van der Waals surface area contributed by atoms with Gasteiger partial charge in [0.25, 0.3) is 0 Å². The molecule has 110 valence electrons. The Kier molecular flexibility index (Phi) is 3.74. The number of hydrogen-bond donors (Lipinski definition) is 2. The molecule has 1 aromatic rings. The maximum absolute atomic E-state index is 13.8. The van der Waals surface area contributed by atoms with Gasteiger partial charge in [-0.25, -0.2) is 13.8 Å². The van der Waals surface area contributed by atoms with Gasteiger partial charge in [0.2, 0.25) is 0 Å². The van der Waals surface area contributed by atoms with E-state index in [0.717, 1.165) is 31.7 Å². The average Bonchev–Trinajstić information content (AvgIpc) is 3.03. The lowest BCUT2D eigenvalue weighted by Crippen LogP contribution is -2.31. The van der Waals surface area contributed by atoms with Crippen LogP contribution in [0.15, 0.2) is 6.07 Å². The predicted octanol–water partition coefficient (Wildman–Crippen LogP) is 2.91. The van der Waals surface area contributed by atoms with Crippen molar-refractivity contribution in [1.29, 1.82) is 0 Å². The summed E-state index contributed by atoms with van der Waals surface area (Å²) in [4.78, 5) is 4.03. The van der Waals surface area contributed by atoms with Gasteiger partial charge in [-0.2, -0.15) is 0 Å². The highest BCUT2D eigenvalue weighted by molar-refractivity contribution is 5.48. The number of fused-ring (bicyclic) bond motifs is 2. The van der Waals surface area contributed by atoms with E-state index in [-0.39, 0.29) is 29.9 Å². The van der Waals surface area contributed by atoms with Crippen LogP contribution in [-0.4, -0.2) is 29.8 Å². The van der Waals surface area contributed by atoms with Gasteiger partial charge >= 0.3 is 0 Å². The van der Waals surface area contributed by atoms with Crippen molar-refractivity contribution in [1.82, 2.24) is 4.98 Å². The minimum absolute atomic E-state index is 0.0697. The Balaban J connectivity index is 1.74. The average molecular weight is 283 g/mol. The van der Waals surface area contributed by atoms with Gasteiger partial charge in [-0.1, -0.05) is 6.92 Å². The summed E-state index contributed by atoms with van der Waals surface area (Å²) >= 11 is 0. The van der Waals surface area contributed by atoms with Crippen LogP contribution in [0.5, 0.6) is 0 Å². The Labute approximate surface area is 116 Å². The van der Waals surface area contributed by atoms with Gasteiger partial charge in [0.1, 0.15) is 0 Å². The van der Waals surface area contributed by atoms with Crippen molar-refractivity contribution in [2.75, 3.05) is 17.2 Å². The third-order valence-electron chi connectivity index (χ3n) is 3.90. The monoisotopic (exact) mass is 283 g/mol. The van der Waals surface area contributed by atoms with Crippen molar-refractivity contribution >= 4 is 11.6 Å². The molecule has 4 nitrogen and oxygen atoms in total. The molecule has 0 aliphatic carbocycles. The Morgan fingerprint density at radius 2 is 2.10 bits per heavy atom. The molecule has 2 fully saturated rings. The maximum atomic E-state index is 13.8. The molecule has 2 bridgehead atoms. The second kappa shape index (κ2) is 5.52. The van der Waals surface area contributed by atoms with Crippen LogP contribution in [0.4, 0.5) is 20.4 Å². The molecular weight excluding hydrogens is 264 g/mol. The zero-order valence-electron chi connectivity index (χ0n) is 11.5. The van der Waals surface area contributed by atoms with E-state index >= 15 is 0 Å². The number of nitrogens with one attached hydrogen (secondary N) is 2. The molecule has 3 rings (SSSR count). The molecule has 1 aromatic heterocycles. The van der Waals surface area contributed by atoms with E-state index in [1.165, 1.54) is 0 Å². The lowest BCUT2D eigenvalue weighted by Gasteiger charge is -2.21. The van der Waals surface area contributed by atoms with Gasteiger partial charge in [-0.3, -0.25) is 0 Å². The molecule has 0 radical (unpaired) electrons. The fourth-order valence-electron chi connectivity index (χ4n) is 2.90. The maximum Gasteiger partial charge on any atom is 0.168 e. The molecule has 0 saturated carbocycles. The van der Waals surface area contributed by atoms with Gasteiger partial charge in [0.15, 0.2) is 23.3 Å². The smallest absolute Gasteiger partial charge is 0.168 e. The molecule has 0 amide bonds. The van der Waals surface area contributed by atoms with Crippen molar-refractivity contribution < 1.29 is 13.5 Å². The summed E-state index contributed by atoms with van der Waals surface area (Å²) < 4.78 is 33.1. The fourth-order valence-corrected chi connectivity index (χ4v) is 2.90. The van der Waals surface area contributed by atoms with Crippen molar-refractivity contribution in [3.05, 3.63) is 17.7 Å². The van der Waals surface area contributed by atoms with Crippen LogP contribution in [0.2, 0.25) is 0 Å². The van der Waals surface area contributed by atoms with E-state index < -0.39 is 11.6 Å². The molecule has 2 N–H and O–H groups in total. The van der Waals surface area contributed by atoms with Crippen molar-refractivity contribution in [3.8, 4) is 0 Å². The summed E-state index contributed by atoms with van der Waals surface area (Å²) in [5.41, 5.74) is 0. The van der Waals surface area contributed by atoms with E-state index in [1.807, 2.05) is 6.92 Å². The first kappa shape index (κ1) is 13.5. The number of ether oxygens (including phenoxy) is 1. The van der Waals surface area contributed by atoms with Gasteiger partial charge < -0.3 is 15.4 Å². The molecule has 3 unspecified atom stereocenters. The SMILES string of the molecule is CCCNc1nc(NC2CC3CCC2O3)c(F)cc1F. The Morgan fingerprint density at radius 1 is 1.30 bits per heavy atom. The minimum Gasteiger partial charge on any atom is -0.373 e. The minimum atomic E-state index is -0.661. The van der Waals surface area contributed by atoms with E-state index in [2.05, 4.69) is 15.6 Å². The van der Waals surface area contributed by atoms with E-state index in [4.69, 9.17) is 4.74 Å². The largest absolute Gasteiger partial charge is 0.373 e. The molecule has 2 saturated heterocycles. The van der Waals surface area contributed by atoms with E-state index in [0.29, 0.717) is 6.54 Å². The van der Waals surface area contributed by atoms with Gasteiger partial charge in [-0.05, 0) is 25.7 Å². The summed E-state index contributed by atoms with van der Waals surface area (Å²) in [6.45, 7) is 2.58. The standard InChI is InChI=1S/C14H19F2N3O/c1-2-5-17-13-9(15)7-10(16)14(19-13)18-11-6-8-3-4-12(11)20-8/h7-8,11-12H,2-6H2,1H3,(H2,17,18,19). The Morgan fingerprint density at radius 3 is 2.75 bits per heavy atom. The van der Waals surface area contributed by atoms with Gasteiger partial charge in [0, 0.05) is 12.6 Å². The molecular formula is C14H19F2N3O. The highest BCUT2D eigenvalue weighted by atomic mass is 19.1. The highest BCUT2D eigenvalue weighted by Crippen LogP contribution is 2.36. The number of rotatable bonds is 5. The molecule has 2 aliphatic heterocycles. The molecule has 6 heteroatoms. The summed E-state index contributed by atoms with van der Waals surface area (Å²) in [5.74, 6) is -1.12. The normalized spacial score (nSPS) is 27.9. The summed E-state index contributed by atoms with van der Waals surface area (Å²) in [6.07, 6.45) is 4.18. The molecule has 3 atom stereocenters. The first-order chi connectivity index (χ1) is 9.67. The topological polar surface area (TPSA) is 46.2 Å². The van der Waals surface area contributed by atoms with Crippen molar-refractivity contribution in [3.63, 3.8) is 0 Å². The van der Waals surface area contributed by atoms with Crippen LogP contribution in [0, 0.1) is 11.6 Å². The summed E-state index contributed by atoms with van der Waals surface area (Å²) in [7, 11) is 0. The lowest BCUT2D eigenvalue weighted by atomic mass is 9.95. The van der Waals surface area contributed by atoms with E-state index in [1.54, 1.807) is 0 Å². The molecule has 0 aromatic carbocycles. The van der Waals surface area contributed by atoms with Crippen LogP contribution in [0.3, 0.4) is 0 Å². The lowest BCUT2D eigenvalue weighted by molar-refractivity contribution is 0.102. The number of anilines is 2. The molecule has 20 heavy (non-hydrogen) atoms. The van der Waals surface area contributed by atoms with Crippen LogP contribution in [-0.2, 0) is 4.74 Å². The van der Waals surface area contributed by atoms with Crippen molar-refractivity contribution in [2.24, 2.45) is 0 Å². The highest BCUT2D eigenvalue weighted by Gasteiger charge is 2.41. The molecule has 0 spiro atoms. The summed E-state index contributed by atoms with van der Waals surface area (Å²) in [6, 6.07) is 0.946. The van der Waals surface area contributed by atoms with Crippen molar-refractivity contribution in [2.45, 2.75) is 50.9 Å². The predicted molar refractivity (Wildman–Crippen MR) is 72.9 cm³/mol. The quantitative estimate of drug-likeness (QED) is 0.872. The zero-order chi connectivity index (χ0) is 14.1. The van der Waals surface area contributed by atoms with Crippen LogP contribution in [0.1, 0.15) is 32.6 Å². The van der Waals surface area contributed by atoms with Crippen LogP contribution >= 0.6 is 0 Å². The van der Waals surface area contributed by atoms with Gasteiger partial charge in [-0.15, -0.1) is 0 Å². The molecule has 3 heterocycles. The van der Waals surface area contributed by atoms with Gasteiger partial charge in [0.05, 0.1) is 18.2 Å². The number of hydrogen-bond acceptors (Lipinski definition) is 4. The fraction of sp³-hybridized carbons (Fsp3) is 0.643. The second-order valence-electron chi connectivity index (χ2n) is 5.44. The number of aromatic nitrogens is 1. The number of nitrogens with zero attached hydrogens (tertiary/aromatic N) is 1. The first-order valence-electron chi connectivity index (χ1n) is 7.19.